The second-order valence-corrected chi connectivity index (χ2v) is 9.71. The molecule has 1 amide bonds. The van der Waals surface area contributed by atoms with Crippen LogP contribution in [0.15, 0.2) is 88.9 Å². The number of hydrogen-bond acceptors (Lipinski definition) is 3. The van der Waals surface area contributed by atoms with Crippen LogP contribution >= 0.6 is 35.0 Å². The summed E-state index contributed by atoms with van der Waals surface area (Å²) in [4.78, 5) is 13.7. The number of aryl methyl sites for hydroxylation is 1. The first-order chi connectivity index (χ1) is 16.4. The van der Waals surface area contributed by atoms with Crippen LogP contribution in [0.25, 0.3) is 5.69 Å². The van der Waals surface area contributed by atoms with Gasteiger partial charge in [-0.2, -0.15) is 5.10 Å². The summed E-state index contributed by atoms with van der Waals surface area (Å²) in [7, 11) is 0. The largest absolute Gasteiger partial charge is 0.318 e. The monoisotopic (exact) mass is 507 g/mol. The maximum absolute atomic E-state index is 12.5. The maximum Gasteiger partial charge on any atom is 0.271 e. The summed E-state index contributed by atoms with van der Waals surface area (Å²) in [6.07, 6.45) is 1.65. The second kappa shape index (κ2) is 11.0. The van der Waals surface area contributed by atoms with Crippen LogP contribution < -0.4 is 5.43 Å². The lowest BCUT2D eigenvalue weighted by atomic mass is 10.1. The maximum atomic E-state index is 12.5. The van der Waals surface area contributed by atoms with Gasteiger partial charge in [0.25, 0.3) is 5.91 Å². The number of thioether (sulfide) groups is 1. The van der Waals surface area contributed by atoms with Gasteiger partial charge >= 0.3 is 0 Å². The molecule has 0 saturated carbocycles. The minimum absolute atomic E-state index is 0.256. The molecular formula is C27H23Cl2N3OS. The molecule has 0 unspecified atom stereocenters. The van der Waals surface area contributed by atoms with Gasteiger partial charge in [-0.05, 0) is 67.9 Å². The number of nitrogens with zero attached hydrogens (tertiary/aromatic N) is 2. The van der Waals surface area contributed by atoms with Gasteiger partial charge in [0.05, 0.1) is 6.21 Å². The Kier molecular flexibility index (Phi) is 7.78. The molecule has 7 heteroatoms. The van der Waals surface area contributed by atoms with E-state index in [9.17, 15) is 4.79 Å². The summed E-state index contributed by atoms with van der Waals surface area (Å²) in [5.41, 5.74) is 8.07. The fraction of sp³-hybridized carbons (Fsp3) is 0.111. The Morgan fingerprint density at radius 3 is 2.32 bits per heavy atom. The summed E-state index contributed by atoms with van der Waals surface area (Å²) in [5.74, 6) is 0.589. The zero-order valence-electron chi connectivity index (χ0n) is 18.8. The zero-order chi connectivity index (χ0) is 24.1. The van der Waals surface area contributed by atoms with E-state index in [4.69, 9.17) is 23.2 Å². The summed E-state index contributed by atoms with van der Waals surface area (Å²) >= 11 is 14.1. The van der Waals surface area contributed by atoms with Crippen molar-refractivity contribution >= 4 is 47.1 Å². The normalized spacial score (nSPS) is 11.2. The third-order valence-electron chi connectivity index (χ3n) is 5.31. The summed E-state index contributed by atoms with van der Waals surface area (Å²) in [6, 6.07) is 25.2. The van der Waals surface area contributed by atoms with Crippen molar-refractivity contribution in [2.45, 2.75) is 24.5 Å². The molecule has 4 rings (SSSR count). The number of halogens is 2. The first kappa shape index (κ1) is 24.1. The highest BCUT2D eigenvalue weighted by molar-refractivity contribution is 7.98. The molecule has 0 aliphatic carbocycles. The molecule has 4 nitrogen and oxygen atoms in total. The van der Waals surface area contributed by atoms with Crippen molar-refractivity contribution in [2.24, 2.45) is 5.10 Å². The number of hydrogen-bond donors (Lipinski definition) is 1. The Bertz CT molecular complexity index is 1310. The number of nitrogens with one attached hydrogen (secondary N) is 1. The van der Waals surface area contributed by atoms with Gasteiger partial charge in [-0.25, -0.2) is 5.43 Å². The summed E-state index contributed by atoms with van der Waals surface area (Å²) < 4.78 is 2.05. The Labute approximate surface area is 213 Å². The van der Waals surface area contributed by atoms with Crippen LogP contribution in [0, 0.1) is 13.8 Å². The minimum Gasteiger partial charge on any atom is -0.318 e. The molecule has 3 aromatic carbocycles. The highest BCUT2D eigenvalue weighted by Crippen LogP contribution is 2.26. The van der Waals surface area contributed by atoms with Crippen LogP contribution in [0.2, 0.25) is 10.0 Å². The third-order valence-corrected chi connectivity index (χ3v) is 6.83. The van der Waals surface area contributed by atoms with Gasteiger partial charge in [-0.1, -0.05) is 53.5 Å². The molecule has 0 aliphatic heterocycles. The molecule has 1 N–H and O–H groups in total. The molecule has 172 valence electrons. The molecular weight excluding hydrogens is 485 g/mol. The van der Waals surface area contributed by atoms with E-state index in [1.807, 2.05) is 79.1 Å². The van der Waals surface area contributed by atoms with E-state index in [2.05, 4.69) is 22.7 Å². The van der Waals surface area contributed by atoms with Crippen molar-refractivity contribution < 1.29 is 4.79 Å². The van der Waals surface area contributed by atoms with Gasteiger partial charge in [0, 0.05) is 48.9 Å². The van der Waals surface area contributed by atoms with Gasteiger partial charge in [0.1, 0.15) is 0 Å². The van der Waals surface area contributed by atoms with Gasteiger partial charge < -0.3 is 4.57 Å². The molecule has 34 heavy (non-hydrogen) atoms. The molecule has 0 bridgehead atoms. The molecule has 0 saturated heterocycles. The van der Waals surface area contributed by atoms with E-state index in [-0.39, 0.29) is 5.91 Å². The average Bonchev–Trinajstić information content (AvgIpc) is 3.10. The Morgan fingerprint density at radius 2 is 1.65 bits per heavy atom. The van der Waals surface area contributed by atoms with Gasteiger partial charge in [0.2, 0.25) is 0 Å². The molecule has 1 heterocycles. The van der Waals surface area contributed by atoms with E-state index < -0.39 is 0 Å². The standard InChI is InChI=1S/C27H23Cl2N3OS/c1-18-12-22(19(2)32(18)25-14-23(28)13-24(29)15-25)16-30-31-27(33)21-10-8-20(9-11-21)17-34-26-6-4-3-5-7-26/h3-16H,17H2,1-2H3,(H,31,33)/b30-16-. The highest BCUT2D eigenvalue weighted by Gasteiger charge is 2.11. The predicted molar refractivity (Wildman–Crippen MR) is 143 cm³/mol. The predicted octanol–water partition coefficient (Wildman–Crippen LogP) is 7.46. The number of aromatic nitrogens is 1. The first-order valence-electron chi connectivity index (χ1n) is 10.7. The lowest BCUT2D eigenvalue weighted by Crippen LogP contribution is -2.17. The Morgan fingerprint density at radius 1 is 0.971 bits per heavy atom. The molecule has 0 atom stereocenters. The van der Waals surface area contributed by atoms with Crippen LogP contribution in [0.4, 0.5) is 0 Å². The molecule has 0 aliphatic rings. The number of carbonyl (C=O) groups excluding carboxylic acids is 1. The minimum atomic E-state index is -0.256. The van der Waals surface area contributed by atoms with Crippen molar-refractivity contribution in [3.8, 4) is 5.69 Å². The topological polar surface area (TPSA) is 46.4 Å². The van der Waals surface area contributed by atoms with Crippen LogP contribution in [0.3, 0.4) is 0 Å². The van der Waals surface area contributed by atoms with Crippen LogP contribution in [-0.4, -0.2) is 16.7 Å². The van der Waals surface area contributed by atoms with Gasteiger partial charge in [-0.3, -0.25) is 4.79 Å². The SMILES string of the molecule is Cc1cc(/C=N\NC(=O)c2ccc(CSc3ccccc3)cc2)c(C)n1-c1cc(Cl)cc(Cl)c1. The summed E-state index contributed by atoms with van der Waals surface area (Å²) in [5, 5.41) is 5.31. The van der Waals surface area contributed by atoms with Crippen molar-refractivity contribution in [1.29, 1.82) is 0 Å². The molecule has 0 spiro atoms. The van der Waals surface area contributed by atoms with Crippen molar-refractivity contribution in [2.75, 3.05) is 0 Å². The lowest BCUT2D eigenvalue weighted by molar-refractivity contribution is 0.0955. The number of rotatable bonds is 7. The van der Waals surface area contributed by atoms with Crippen molar-refractivity contribution in [3.63, 3.8) is 0 Å². The Balaban J connectivity index is 1.39. The molecule has 0 radical (unpaired) electrons. The van der Waals surface area contributed by atoms with Gasteiger partial charge in [-0.15, -0.1) is 11.8 Å². The lowest BCUT2D eigenvalue weighted by Gasteiger charge is -2.10. The molecule has 1 aromatic heterocycles. The van der Waals surface area contributed by atoms with E-state index in [1.54, 1.807) is 24.0 Å². The van der Waals surface area contributed by atoms with Crippen molar-refractivity contribution in [3.05, 3.63) is 117 Å². The van der Waals surface area contributed by atoms with Crippen LogP contribution in [0.1, 0.15) is 32.9 Å². The van der Waals surface area contributed by atoms with Crippen LogP contribution in [-0.2, 0) is 5.75 Å². The smallest absolute Gasteiger partial charge is 0.271 e. The van der Waals surface area contributed by atoms with E-state index in [0.717, 1.165) is 34.0 Å². The number of amides is 1. The highest BCUT2D eigenvalue weighted by atomic mass is 35.5. The number of benzene rings is 3. The van der Waals surface area contributed by atoms with Crippen LogP contribution in [0.5, 0.6) is 0 Å². The molecule has 0 fully saturated rings. The second-order valence-electron chi connectivity index (χ2n) is 7.79. The Hall–Kier alpha value is -2.99. The first-order valence-corrected chi connectivity index (χ1v) is 12.4. The third kappa shape index (κ3) is 5.92. The average molecular weight is 508 g/mol. The van der Waals surface area contributed by atoms with E-state index >= 15 is 0 Å². The summed E-state index contributed by atoms with van der Waals surface area (Å²) in [6.45, 7) is 3.98. The van der Waals surface area contributed by atoms with Crippen molar-refractivity contribution in [1.82, 2.24) is 9.99 Å². The fourth-order valence-corrected chi connectivity index (χ4v) is 5.03. The van der Waals surface area contributed by atoms with E-state index in [0.29, 0.717) is 15.6 Å². The quantitative estimate of drug-likeness (QED) is 0.160. The fourth-order valence-electron chi connectivity index (χ4n) is 3.64. The van der Waals surface area contributed by atoms with Gasteiger partial charge in [0.15, 0.2) is 0 Å². The van der Waals surface area contributed by atoms with E-state index in [1.165, 1.54) is 4.90 Å². The zero-order valence-corrected chi connectivity index (χ0v) is 21.1. The number of carbonyl (C=O) groups is 1. The number of hydrazone groups is 1. The molecule has 4 aromatic rings.